The first-order valence-corrected chi connectivity index (χ1v) is 15.1. The van der Waals surface area contributed by atoms with Crippen LogP contribution in [0.2, 0.25) is 0 Å². The van der Waals surface area contributed by atoms with Crippen LogP contribution in [0.4, 0.5) is 5.69 Å². The Labute approximate surface area is 240 Å². The Morgan fingerprint density at radius 1 is 0.875 bits per heavy atom. The standard InChI is InChI=1S/C34H46N4O2/c1-5-7-20-37(18-6-2)34(40)30-23-29-17-16-28(25-32(29)35-31(24-30)11-10-19-36(3)4)26-12-14-27(15-13-26)33(39)38-21-8-9-22-38/h12-17,23,25H,5-11,18-22,24H2,1-4H3. The molecule has 0 bridgehead atoms. The van der Waals surface area contributed by atoms with Crippen LogP contribution in [0.1, 0.15) is 81.1 Å². The van der Waals surface area contributed by atoms with Gasteiger partial charge in [0.25, 0.3) is 5.91 Å². The maximum atomic E-state index is 13.7. The number of fused-ring (bicyclic) bond motifs is 1. The van der Waals surface area contributed by atoms with Gasteiger partial charge in [-0.05, 0) is 94.6 Å². The number of unbranched alkanes of at least 4 members (excludes halogenated alkanes) is 1. The Hall–Kier alpha value is -3.25. The van der Waals surface area contributed by atoms with E-state index >= 15 is 0 Å². The molecule has 0 saturated carbocycles. The average Bonchev–Trinajstić information content (AvgIpc) is 3.43. The molecular formula is C34H46N4O2. The van der Waals surface area contributed by atoms with Crippen LogP contribution in [-0.4, -0.2) is 79.0 Å². The quantitative estimate of drug-likeness (QED) is 0.295. The first-order valence-electron chi connectivity index (χ1n) is 15.1. The number of amides is 2. The third-order valence-electron chi connectivity index (χ3n) is 7.80. The molecule has 0 aromatic heterocycles. The van der Waals surface area contributed by atoms with Gasteiger partial charge in [0.2, 0.25) is 5.91 Å². The molecule has 40 heavy (non-hydrogen) atoms. The van der Waals surface area contributed by atoms with E-state index in [4.69, 9.17) is 4.99 Å². The number of carbonyl (C=O) groups is 2. The largest absolute Gasteiger partial charge is 0.339 e. The Morgan fingerprint density at radius 2 is 1.60 bits per heavy atom. The van der Waals surface area contributed by atoms with E-state index in [2.05, 4.69) is 57.1 Å². The second kappa shape index (κ2) is 14.4. The molecule has 6 heteroatoms. The Balaban J connectivity index is 1.62. The van der Waals surface area contributed by atoms with E-state index in [1.807, 2.05) is 34.1 Å². The molecule has 214 valence electrons. The minimum atomic E-state index is 0.122. The normalized spacial score (nSPS) is 15.0. The second-order valence-corrected chi connectivity index (χ2v) is 11.4. The molecule has 2 heterocycles. The van der Waals surface area contributed by atoms with Crippen molar-refractivity contribution < 1.29 is 9.59 Å². The SMILES string of the molecule is CCCCN(CCC)C(=O)C1=Cc2ccc(-c3ccc(C(=O)N4CCCC4)cc3)cc2N=C(CCCN(C)C)C1. The maximum absolute atomic E-state index is 13.7. The molecule has 2 aliphatic rings. The van der Waals surface area contributed by atoms with Crippen molar-refractivity contribution in [3.8, 4) is 11.1 Å². The van der Waals surface area contributed by atoms with Crippen LogP contribution in [0.25, 0.3) is 17.2 Å². The van der Waals surface area contributed by atoms with E-state index in [9.17, 15) is 9.59 Å². The molecule has 0 radical (unpaired) electrons. The Morgan fingerprint density at radius 3 is 2.27 bits per heavy atom. The topological polar surface area (TPSA) is 56.2 Å². The predicted molar refractivity (Wildman–Crippen MR) is 166 cm³/mol. The molecule has 2 aromatic rings. The number of benzene rings is 2. The van der Waals surface area contributed by atoms with E-state index in [1.165, 1.54) is 0 Å². The monoisotopic (exact) mass is 542 g/mol. The van der Waals surface area contributed by atoms with Gasteiger partial charge in [0.15, 0.2) is 0 Å². The highest BCUT2D eigenvalue weighted by Crippen LogP contribution is 2.33. The van der Waals surface area contributed by atoms with Crippen molar-refractivity contribution in [1.29, 1.82) is 0 Å². The minimum Gasteiger partial charge on any atom is -0.339 e. The zero-order valence-corrected chi connectivity index (χ0v) is 24.9. The number of carbonyl (C=O) groups excluding carboxylic acids is 2. The number of rotatable bonds is 12. The fraction of sp³-hybridized carbons (Fsp3) is 0.500. The third kappa shape index (κ3) is 7.69. The highest BCUT2D eigenvalue weighted by atomic mass is 16.2. The lowest BCUT2D eigenvalue weighted by atomic mass is 9.99. The van der Waals surface area contributed by atoms with Gasteiger partial charge in [-0.15, -0.1) is 0 Å². The summed E-state index contributed by atoms with van der Waals surface area (Å²) in [6.45, 7) is 8.58. The maximum Gasteiger partial charge on any atom is 0.253 e. The van der Waals surface area contributed by atoms with Gasteiger partial charge in [0.05, 0.1) is 5.69 Å². The number of hydrogen-bond acceptors (Lipinski definition) is 4. The van der Waals surface area contributed by atoms with Crippen molar-refractivity contribution in [1.82, 2.24) is 14.7 Å². The molecule has 2 aliphatic heterocycles. The Kier molecular flexibility index (Phi) is 10.7. The van der Waals surface area contributed by atoms with Crippen molar-refractivity contribution in [3.63, 3.8) is 0 Å². The summed E-state index contributed by atoms with van der Waals surface area (Å²) in [5.74, 6) is 0.266. The van der Waals surface area contributed by atoms with E-state index in [1.54, 1.807) is 0 Å². The van der Waals surface area contributed by atoms with Gasteiger partial charge in [-0.3, -0.25) is 14.6 Å². The zero-order chi connectivity index (χ0) is 28.5. The van der Waals surface area contributed by atoms with Crippen LogP contribution in [0.3, 0.4) is 0 Å². The summed E-state index contributed by atoms with van der Waals surface area (Å²) in [7, 11) is 4.18. The van der Waals surface area contributed by atoms with Gasteiger partial charge in [0.1, 0.15) is 0 Å². The highest BCUT2D eigenvalue weighted by Gasteiger charge is 2.23. The highest BCUT2D eigenvalue weighted by molar-refractivity contribution is 6.06. The van der Waals surface area contributed by atoms with E-state index in [-0.39, 0.29) is 11.8 Å². The van der Waals surface area contributed by atoms with Crippen LogP contribution < -0.4 is 0 Å². The molecule has 4 rings (SSSR count). The van der Waals surface area contributed by atoms with E-state index in [0.29, 0.717) is 6.42 Å². The number of likely N-dealkylation sites (tertiary alicyclic amines) is 1. The Bertz CT molecular complexity index is 1220. The molecule has 0 unspecified atom stereocenters. The van der Waals surface area contributed by atoms with Crippen molar-refractivity contribution in [2.24, 2.45) is 4.99 Å². The lowest BCUT2D eigenvalue weighted by Crippen LogP contribution is -2.34. The third-order valence-corrected chi connectivity index (χ3v) is 7.80. The van der Waals surface area contributed by atoms with Crippen molar-refractivity contribution in [2.45, 2.75) is 65.2 Å². The number of nitrogens with zero attached hydrogens (tertiary/aromatic N) is 4. The summed E-state index contributed by atoms with van der Waals surface area (Å²) in [6.07, 6.45) is 9.75. The number of hydrogen-bond donors (Lipinski definition) is 0. The van der Waals surface area contributed by atoms with Gasteiger partial charge in [-0.1, -0.05) is 44.5 Å². The van der Waals surface area contributed by atoms with Gasteiger partial charge in [0, 0.05) is 55.0 Å². The summed E-state index contributed by atoms with van der Waals surface area (Å²) in [5.41, 5.74) is 6.67. The molecule has 0 atom stereocenters. The van der Waals surface area contributed by atoms with Crippen molar-refractivity contribution in [3.05, 3.63) is 59.2 Å². The van der Waals surface area contributed by atoms with E-state index < -0.39 is 0 Å². The van der Waals surface area contributed by atoms with E-state index in [0.717, 1.165) is 117 Å². The van der Waals surface area contributed by atoms with Crippen LogP contribution in [0.5, 0.6) is 0 Å². The second-order valence-electron chi connectivity index (χ2n) is 11.4. The van der Waals surface area contributed by atoms with Crippen LogP contribution in [-0.2, 0) is 4.79 Å². The molecule has 0 N–H and O–H groups in total. The van der Waals surface area contributed by atoms with Gasteiger partial charge in [-0.2, -0.15) is 0 Å². The summed E-state index contributed by atoms with van der Waals surface area (Å²) < 4.78 is 0. The van der Waals surface area contributed by atoms with Crippen molar-refractivity contribution >= 4 is 29.3 Å². The number of aliphatic imine (C=N–C) groups is 1. The molecule has 1 saturated heterocycles. The lowest BCUT2D eigenvalue weighted by Gasteiger charge is -2.23. The van der Waals surface area contributed by atoms with Gasteiger partial charge in [-0.25, -0.2) is 0 Å². The fourth-order valence-corrected chi connectivity index (χ4v) is 5.54. The fourth-order valence-electron chi connectivity index (χ4n) is 5.54. The molecule has 0 spiro atoms. The zero-order valence-electron chi connectivity index (χ0n) is 24.9. The molecule has 6 nitrogen and oxygen atoms in total. The molecule has 1 fully saturated rings. The van der Waals surface area contributed by atoms with Crippen LogP contribution >= 0.6 is 0 Å². The van der Waals surface area contributed by atoms with Crippen LogP contribution in [0.15, 0.2) is 53.0 Å². The lowest BCUT2D eigenvalue weighted by molar-refractivity contribution is -0.127. The molecular weight excluding hydrogens is 496 g/mol. The molecule has 2 aromatic carbocycles. The first-order chi connectivity index (χ1) is 19.4. The first kappa shape index (κ1) is 29.7. The smallest absolute Gasteiger partial charge is 0.253 e. The molecule has 0 aliphatic carbocycles. The minimum absolute atomic E-state index is 0.122. The van der Waals surface area contributed by atoms with Gasteiger partial charge < -0.3 is 14.7 Å². The van der Waals surface area contributed by atoms with Gasteiger partial charge >= 0.3 is 0 Å². The summed E-state index contributed by atoms with van der Waals surface area (Å²) in [4.78, 5) is 37.8. The molecule has 2 amide bonds. The van der Waals surface area contributed by atoms with Crippen molar-refractivity contribution in [2.75, 3.05) is 46.8 Å². The average molecular weight is 543 g/mol. The summed E-state index contributed by atoms with van der Waals surface area (Å²) in [6, 6.07) is 14.3. The predicted octanol–water partition coefficient (Wildman–Crippen LogP) is 6.83. The summed E-state index contributed by atoms with van der Waals surface area (Å²) >= 11 is 0. The van der Waals surface area contributed by atoms with Crippen LogP contribution in [0, 0.1) is 0 Å². The summed E-state index contributed by atoms with van der Waals surface area (Å²) in [5, 5.41) is 0.